The van der Waals surface area contributed by atoms with Gasteiger partial charge in [0, 0.05) is 24.2 Å². The van der Waals surface area contributed by atoms with Gasteiger partial charge in [0.15, 0.2) is 0 Å². The van der Waals surface area contributed by atoms with E-state index in [1.807, 2.05) is 39.4 Å². The maximum atomic E-state index is 12.9. The Bertz CT molecular complexity index is 619. The summed E-state index contributed by atoms with van der Waals surface area (Å²) in [6, 6.07) is 2.11. The van der Waals surface area contributed by atoms with Crippen LogP contribution in [0.25, 0.3) is 0 Å². The van der Waals surface area contributed by atoms with Crippen molar-refractivity contribution >= 4 is 5.97 Å². The number of nitrogens with two attached hydrogens (primary N) is 1. The van der Waals surface area contributed by atoms with Gasteiger partial charge in [0.1, 0.15) is 5.60 Å². The topological polar surface area (TPSA) is 70.1 Å². The van der Waals surface area contributed by atoms with Crippen molar-refractivity contribution in [3.05, 3.63) is 17.5 Å². The Morgan fingerprint density at radius 2 is 1.96 bits per heavy atom. The van der Waals surface area contributed by atoms with Gasteiger partial charge in [0.05, 0.1) is 11.1 Å². The zero-order chi connectivity index (χ0) is 17.0. The maximum absolute atomic E-state index is 12.9. The number of aromatic nitrogens is 2. The number of aryl methyl sites for hydroxylation is 2. The van der Waals surface area contributed by atoms with Crippen LogP contribution in [-0.4, -0.2) is 26.9 Å². The summed E-state index contributed by atoms with van der Waals surface area (Å²) in [4.78, 5) is 12.9. The quantitative estimate of drug-likeness (QED) is 0.851. The number of ether oxygens (including phenoxy) is 1. The van der Waals surface area contributed by atoms with Gasteiger partial charge in [-0.1, -0.05) is 0 Å². The van der Waals surface area contributed by atoms with E-state index in [-0.39, 0.29) is 22.8 Å². The molecule has 23 heavy (non-hydrogen) atoms. The second-order valence-electron chi connectivity index (χ2n) is 8.61. The minimum atomic E-state index is -0.445. The number of carbonyl (C=O) groups is 1. The Morgan fingerprint density at radius 3 is 2.43 bits per heavy atom. The van der Waals surface area contributed by atoms with E-state index in [9.17, 15) is 4.79 Å². The van der Waals surface area contributed by atoms with Crippen LogP contribution >= 0.6 is 0 Å². The summed E-state index contributed by atoms with van der Waals surface area (Å²) in [6.07, 6.45) is 4.21. The van der Waals surface area contributed by atoms with Crippen molar-refractivity contribution in [1.82, 2.24) is 9.78 Å². The fourth-order valence-electron chi connectivity index (χ4n) is 4.37. The van der Waals surface area contributed by atoms with Crippen molar-refractivity contribution in [3.8, 4) is 0 Å². The molecule has 0 aromatic carbocycles. The van der Waals surface area contributed by atoms with Crippen LogP contribution in [0.3, 0.4) is 0 Å². The summed E-state index contributed by atoms with van der Waals surface area (Å²) in [5.74, 6) is 0.124. The molecule has 0 aliphatic heterocycles. The molecule has 1 heterocycles. The van der Waals surface area contributed by atoms with E-state index in [0.29, 0.717) is 0 Å². The fourth-order valence-corrected chi connectivity index (χ4v) is 4.37. The first-order valence-electron chi connectivity index (χ1n) is 8.58. The zero-order valence-electron chi connectivity index (χ0n) is 15.0. The van der Waals surface area contributed by atoms with E-state index < -0.39 is 5.60 Å². The number of rotatable bonds is 2. The molecule has 2 bridgehead atoms. The molecule has 1 atom stereocenters. The van der Waals surface area contributed by atoms with E-state index in [1.54, 1.807) is 0 Å². The second kappa shape index (κ2) is 5.07. The number of hydrogen-bond donors (Lipinski definition) is 1. The Balaban J connectivity index is 1.92. The lowest BCUT2D eigenvalue weighted by atomic mass is 9.52. The van der Waals surface area contributed by atoms with Crippen LogP contribution in [0.2, 0.25) is 0 Å². The predicted octanol–water partition coefficient (Wildman–Crippen LogP) is 2.82. The normalized spacial score (nSPS) is 33.7. The van der Waals surface area contributed by atoms with Crippen molar-refractivity contribution in [3.63, 3.8) is 0 Å². The Morgan fingerprint density at radius 1 is 1.35 bits per heavy atom. The monoisotopic (exact) mass is 319 g/mol. The summed E-state index contributed by atoms with van der Waals surface area (Å²) in [7, 11) is 1.97. The van der Waals surface area contributed by atoms with Crippen LogP contribution in [0.15, 0.2) is 6.07 Å². The van der Waals surface area contributed by atoms with Gasteiger partial charge >= 0.3 is 5.97 Å². The number of fused-ring (bicyclic) bond motifs is 3. The van der Waals surface area contributed by atoms with Crippen LogP contribution in [0.4, 0.5) is 0 Å². The average Bonchev–Trinajstić information content (AvgIpc) is 2.76. The summed E-state index contributed by atoms with van der Waals surface area (Å²) in [5, 5.41) is 4.47. The second-order valence-corrected chi connectivity index (χ2v) is 8.61. The van der Waals surface area contributed by atoms with E-state index >= 15 is 0 Å². The SMILES string of the molecule is Cc1cc(C2CC3(C(=O)OC(C)(C)C)CCC2(N)CC3)n(C)n1. The first-order chi connectivity index (χ1) is 10.5. The third-order valence-corrected chi connectivity index (χ3v) is 5.65. The lowest BCUT2D eigenvalue weighted by Crippen LogP contribution is -2.59. The lowest BCUT2D eigenvalue weighted by molar-refractivity contribution is -0.176. The van der Waals surface area contributed by atoms with E-state index in [1.165, 1.54) is 0 Å². The van der Waals surface area contributed by atoms with E-state index in [2.05, 4.69) is 11.2 Å². The molecule has 3 fully saturated rings. The molecule has 128 valence electrons. The third kappa shape index (κ3) is 2.80. The smallest absolute Gasteiger partial charge is 0.312 e. The number of carbonyl (C=O) groups excluding carboxylic acids is 1. The van der Waals surface area contributed by atoms with Gasteiger partial charge in [0.25, 0.3) is 0 Å². The Hall–Kier alpha value is -1.36. The van der Waals surface area contributed by atoms with Crippen molar-refractivity contribution < 1.29 is 9.53 Å². The molecule has 0 radical (unpaired) electrons. The highest BCUT2D eigenvalue weighted by Gasteiger charge is 2.58. The molecule has 0 spiro atoms. The maximum Gasteiger partial charge on any atom is 0.312 e. The van der Waals surface area contributed by atoms with Crippen LogP contribution in [-0.2, 0) is 16.6 Å². The van der Waals surface area contributed by atoms with Gasteiger partial charge in [-0.05, 0) is 65.9 Å². The highest BCUT2D eigenvalue weighted by Crippen LogP contribution is 2.58. The van der Waals surface area contributed by atoms with Crippen molar-refractivity contribution in [2.45, 2.75) is 76.9 Å². The van der Waals surface area contributed by atoms with Crippen LogP contribution in [0, 0.1) is 12.3 Å². The van der Waals surface area contributed by atoms with Crippen LogP contribution < -0.4 is 5.73 Å². The van der Waals surface area contributed by atoms with Crippen LogP contribution in [0.1, 0.15) is 70.2 Å². The molecule has 3 aliphatic carbocycles. The molecule has 3 aliphatic rings. The molecule has 2 N–H and O–H groups in total. The van der Waals surface area contributed by atoms with Crippen LogP contribution in [0.5, 0.6) is 0 Å². The average molecular weight is 319 g/mol. The first kappa shape index (κ1) is 16.5. The highest BCUT2D eigenvalue weighted by molar-refractivity contribution is 5.78. The molecule has 5 heteroatoms. The van der Waals surface area contributed by atoms with E-state index in [0.717, 1.165) is 43.5 Å². The van der Waals surface area contributed by atoms with Crippen molar-refractivity contribution in [2.24, 2.45) is 18.2 Å². The molecule has 0 saturated heterocycles. The first-order valence-corrected chi connectivity index (χ1v) is 8.58. The lowest BCUT2D eigenvalue weighted by Gasteiger charge is -2.55. The highest BCUT2D eigenvalue weighted by atomic mass is 16.6. The third-order valence-electron chi connectivity index (χ3n) is 5.65. The van der Waals surface area contributed by atoms with Gasteiger partial charge in [-0.15, -0.1) is 0 Å². The number of esters is 1. The minimum absolute atomic E-state index is 0.0457. The van der Waals surface area contributed by atoms with Gasteiger partial charge < -0.3 is 10.5 Å². The molecule has 4 rings (SSSR count). The summed E-state index contributed by atoms with van der Waals surface area (Å²) in [5.41, 5.74) is 7.85. The molecule has 1 aromatic heterocycles. The van der Waals surface area contributed by atoms with Gasteiger partial charge in [-0.25, -0.2) is 0 Å². The molecule has 1 aromatic rings. The van der Waals surface area contributed by atoms with Gasteiger partial charge in [-0.3, -0.25) is 9.48 Å². The summed E-state index contributed by atoms with van der Waals surface area (Å²) < 4.78 is 7.68. The Labute approximate surface area is 138 Å². The minimum Gasteiger partial charge on any atom is -0.460 e. The van der Waals surface area contributed by atoms with E-state index in [4.69, 9.17) is 10.5 Å². The number of hydrogen-bond acceptors (Lipinski definition) is 4. The summed E-state index contributed by atoms with van der Waals surface area (Å²) in [6.45, 7) is 7.80. The summed E-state index contributed by atoms with van der Waals surface area (Å²) >= 11 is 0. The molecule has 1 unspecified atom stereocenters. The zero-order valence-corrected chi connectivity index (χ0v) is 15.0. The van der Waals surface area contributed by atoms with Gasteiger partial charge in [-0.2, -0.15) is 5.10 Å². The molecular formula is C18H29N3O2. The fraction of sp³-hybridized carbons (Fsp3) is 0.778. The molecule has 0 amide bonds. The molecule has 5 nitrogen and oxygen atoms in total. The predicted molar refractivity (Wildman–Crippen MR) is 89.0 cm³/mol. The van der Waals surface area contributed by atoms with Crippen molar-refractivity contribution in [2.75, 3.05) is 0 Å². The van der Waals surface area contributed by atoms with Crippen molar-refractivity contribution in [1.29, 1.82) is 0 Å². The molecular weight excluding hydrogens is 290 g/mol. The van der Waals surface area contributed by atoms with Gasteiger partial charge in [0.2, 0.25) is 0 Å². The molecule has 3 saturated carbocycles. The largest absolute Gasteiger partial charge is 0.460 e. The standard InChI is InChI=1S/C18H29N3O2/c1-12-10-14(21(5)20-12)13-11-17(15(22)23-16(2,3)4)6-8-18(13,19)9-7-17/h10,13H,6-9,11,19H2,1-5H3. The number of nitrogens with zero attached hydrogens (tertiary/aromatic N) is 2. The Kier molecular flexibility index (Phi) is 3.63.